The van der Waals surface area contributed by atoms with E-state index in [0.717, 1.165) is 30.0 Å². The molecule has 1 amide bonds. The number of amides is 1. The fourth-order valence-electron chi connectivity index (χ4n) is 4.30. The van der Waals surface area contributed by atoms with Crippen molar-refractivity contribution < 1.29 is 9.90 Å². The zero-order chi connectivity index (χ0) is 36.0. The highest BCUT2D eigenvalue weighted by atomic mass is 79.9. The molecule has 0 saturated carbocycles. The summed E-state index contributed by atoms with van der Waals surface area (Å²) in [7, 11) is 37.7. The standard InChI is InChI=1S/C20H17BrN4O2.H23P21/c1-25-18(16-8-13-6-7-14(20(22)27)9-15(13)23-16)19(26)17(24-25)12-4-2-11(10-21)3-5-12;1-12-18(13(2)3)21(19(14(4)5)15(6)7)20(16(8)9)17(10)11/h2-7,9,26H,8,10H2,1H3,(H2,22,27);12H,1-11H2. The maximum Gasteiger partial charge on any atom is 0.248 e. The molecule has 4 rings (SSSR count). The van der Waals surface area contributed by atoms with Crippen LogP contribution in [0.2, 0.25) is 0 Å². The first-order valence-electron chi connectivity index (χ1n) is 13.1. The largest absolute Gasteiger partial charge is 0.504 e. The van der Waals surface area contributed by atoms with Gasteiger partial charge in [0.25, 0.3) is 0 Å². The second-order valence-electron chi connectivity index (χ2n) is 9.57. The number of nitrogens with two attached hydrogens (primary N) is 1. The molecule has 0 spiro atoms. The maximum absolute atomic E-state index is 11.4. The summed E-state index contributed by atoms with van der Waals surface area (Å²) in [4.78, 5) is 16.0. The van der Waals surface area contributed by atoms with Crippen molar-refractivity contribution in [3.05, 3.63) is 64.8 Å². The monoisotopic (exact) mass is 1100 g/mol. The number of fused-ring (bicyclic) bond motifs is 1. The van der Waals surface area contributed by atoms with Crippen molar-refractivity contribution in [3.8, 4) is 17.0 Å². The van der Waals surface area contributed by atoms with Gasteiger partial charge >= 0.3 is 0 Å². The maximum atomic E-state index is 11.4. The third-order valence-electron chi connectivity index (χ3n) is 6.31. The summed E-state index contributed by atoms with van der Waals surface area (Å²) in [6, 6.07) is 13.1. The Labute approximate surface area is 330 Å². The molecule has 28 heteroatoms. The molecule has 2 aromatic carbocycles. The van der Waals surface area contributed by atoms with Crippen molar-refractivity contribution in [2.24, 2.45) is 17.8 Å². The Balaban J connectivity index is 0.000000271. The summed E-state index contributed by atoms with van der Waals surface area (Å²) in [5.74, 6) is -0.384. The Morgan fingerprint density at radius 3 is 1.88 bits per heavy atom. The quantitative estimate of drug-likeness (QED) is 0.132. The Morgan fingerprint density at radius 1 is 0.896 bits per heavy atom. The van der Waals surface area contributed by atoms with Gasteiger partial charge in [-0.05, 0) is 86.1 Å². The van der Waals surface area contributed by atoms with Gasteiger partial charge in [0, 0.05) is 29.9 Å². The molecule has 0 saturated heterocycles. The van der Waals surface area contributed by atoms with Crippen molar-refractivity contribution in [2.75, 3.05) is 0 Å². The van der Waals surface area contributed by atoms with E-state index in [0.29, 0.717) is 34.8 Å². The van der Waals surface area contributed by atoms with Gasteiger partial charge in [0.05, 0.1) is 11.4 Å². The number of carbonyl (C=O) groups is 1. The molecule has 1 aromatic heterocycles. The van der Waals surface area contributed by atoms with Crippen LogP contribution in [0.1, 0.15) is 27.2 Å². The first-order valence-corrected chi connectivity index (χ1v) is 51.8. The van der Waals surface area contributed by atoms with Gasteiger partial charge in [-0.3, -0.25) is 14.5 Å². The van der Waals surface area contributed by atoms with Gasteiger partial charge < -0.3 is 10.8 Å². The molecule has 0 radical (unpaired) electrons. The van der Waals surface area contributed by atoms with Crippen LogP contribution in [0.15, 0.2) is 47.5 Å². The smallest absolute Gasteiger partial charge is 0.248 e. The molecular weight excluding hydrogens is 1060 g/mol. The average molecular weight is 1100 g/mol. The fraction of sp³-hybridized carbons (Fsp3) is 0.150. The van der Waals surface area contributed by atoms with E-state index in [1.807, 2.05) is 30.3 Å². The number of nitrogens with zero attached hydrogens (tertiary/aromatic N) is 3. The number of halogens is 1. The lowest BCUT2D eigenvalue weighted by atomic mass is 10.0. The van der Waals surface area contributed by atoms with Gasteiger partial charge in [0.15, 0.2) is 5.75 Å². The molecule has 13 atom stereocenters. The predicted octanol–water partition coefficient (Wildman–Crippen LogP) is 15.4. The number of primary amides is 1. The molecule has 13 unspecified atom stereocenters. The molecule has 6 nitrogen and oxygen atoms in total. The summed E-state index contributed by atoms with van der Waals surface area (Å²) >= 11 is 3.43. The normalized spacial score (nSPS) is 14.0. The fourth-order valence-corrected chi connectivity index (χ4v) is 257. The van der Waals surface area contributed by atoms with Gasteiger partial charge in [0.2, 0.25) is 5.91 Å². The lowest BCUT2D eigenvalue weighted by molar-refractivity contribution is 0.100. The van der Waals surface area contributed by atoms with Crippen LogP contribution in [0.5, 0.6) is 5.75 Å². The van der Waals surface area contributed by atoms with Crippen LogP contribution < -0.4 is 5.73 Å². The molecule has 264 valence electrons. The zero-order valence-corrected chi connectivity index (χ0v) is 48.8. The highest BCUT2D eigenvalue weighted by molar-refractivity contribution is 9.37. The van der Waals surface area contributed by atoms with Gasteiger partial charge in [-0.15, -0.1) is 98.2 Å². The lowest BCUT2D eigenvalue weighted by Gasteiger charge is -2.46. The molecule has 0 fully saturated rings. The number of hydrogen-bond donors (Lipinski definition) is 2. The number of aryl methyl sites for hydroxylation is 1. The first kappa shape index (κ1) is 48.5. The summed E-state index contributed by atoms with van der Waals surface area (Å²) in [5.41, 5.74) is 11.2. The number of aromatic nitrogens is 2. The van der Waals surface area contributed by atoms with E-state index in [-0.39, 0.29) is 68.6 Å². The minimum Gasteiger partial charge on any atom is -0.504 e. The summed E-state index contributed by atoms with van der Waals surface area (Å²) in [5, 5.41) is 16.1. The summed E-state index contributed by atoms with van der Waals surface area (Å²) in [6.45, 7) is 0.800. The molecule has 1 aliphatic heterocycles. The SMILES string of the molecule is Cn1nc(-c2ccc(CBr)cc2)c(O)c1C1=Nc2cc(C(N)=O)ccc2C1.PPP(P(P)P)P(P(P(P)P)P(P)P)P(P(P)P)P(P)P. The van der Waals surface area contributed by atoms with Crippen molar-refractivity contribution in [1.82, 2.24) is 9.78 Å². The van der Waals surface area contributed by atoms with E-state index in [2.05, 4.69) is 124 Å². The van der Waals surface area contributed by atoms with Crippen molar-refractivity contribution >= 4 is 202 Å². The van der Waals surface area contributed by atoms with Crippen LogP contribution in [0.4, 0.5) is 5.69 Å². The van der Waals surface area contributed by atoms with E-state index >= 15 is 0 Å². The van der Waals surface area contributed by atoms with Crippen LogP contribution in [0.25, 0.3) is 11.3 Å². The Morgan fingerprint density at radius 2 is 1.44 bits per heavy atom. The van der Waals surface area contributed by atoms with Gasteiger partial charge in [-0.1, -0.05) is 54.2 Å². The topological polar surface area (TPSA) is 93.5 Å². The van der Waals surface area contributed by atoms with E-state index in [4.69, 9.17) is 5.73 Å². The number of benzene rings is 2. The first-order chi connectivity index (χ1) is 22.5. The van der Waals surface area contributed by atoms with Crippen LogP contribution in [0, 0.1) is 0 Å². The second-order valence-corrected chi connectivity index (χ2v) is 91.3. The number of aliphatic imine (C=N–C) groups is 1. The highest BCUT2D eigenvalue weighted by Crippen LogP contribution is 3.31. The van der Waals surface area contributed by atoms with Crippen molar-refractivity contribution in [1.29, 1.82) is 0 Å². The Hall–Kier alpha value is 6.10. The van der Waals surface area contributed by atoms with Crippen molar-refractivity contribution in [3.63, 3.8) is 0 Å². The highest BCUT2D eigenvalue weighted by Gasteiger charge is 2.42. The van der Waals surface area contributed by atoms with Gasteiger partial charge in [-0.2, -0.15) is 5.10 Å². The van der Waals surface area contributed by atoms with Crippen molar-refractivity contribution in [2.45, 2.75) is 11.8 Å². The second kappa shape index (κ2) is 23.6. The van der Waals surface area contributed by atoms with E-state index in [1.165, 1.54) is 0 Å². The van der Waals surface area contributed by atoms with Crippen LogP contribution in [-0.2, 0) is 18.8 Å². The van der Waals surface area contributed by atoms with Crippen LogP contribution in [0.3, 0.4) is 0 Å². The summed E-state index contributed by atoms with van der Waals surface area (Å²) < 4.78 is 1.64. The third kappa shape index (κ3) is 13.3. The predicted molar refractivity (Wildman–Crippen MR) is 285 cm³/mol. The number of alkyl halides is 1. The Kier molecular flexibility index (Phi) is 23.9. The Bertz CT molecular complexity index is 1540. The lowest BCUT2D eigenvalue weighted by Crippen LogP contribution is -2.10. The zero-order valence-electron chi connectivity index (χ0n) is 25.5. The molecule has 2 heterocycles. The minimum absolute atomic E-state index is 0.0296. The summed E-state index contributed by atoms with van der Waals surface area (Å²) in [6.07, 6.45) is 0.559. The average Bonchev–Trinajstić information content (AvgIpc) is 3.55. The van der Waals surface area contributed by atoms with Gasteiger partial charge in [-0.25, -0.2) is 0 Å². The van der Waals surface area contributed by atoms with Gasteiger partial charge in [0.1, 0.15) is 11.4 Å². The van der Waals surface area contributed by atoms with E-state index in [1.54, 1.807) is 23.9 Å². The number of aromatic hydroxyl groups is 1. The van der Waals surface area contributed by atoms with E-state index in [9.17, 15) is 9.90 Å². The van der Waals surface area contributed by atoms with E-state index < -0.39 is 5.91 Å². The molecular formula is C20H40BrN4O2P21. The third-order valence-corrected chi connectivity index (χ3v) is 139. The number of rotatable bonds is 13. The molecule has 0 aliphatic carbocycles. The molecule has 0 bridgehead atoms. The minimum atomic E-state index is -0.487. The van der Waals surface area contributed by atoms with Crippen LogP contribution >= 0.6 is 185 Å². The molecule has 3 aromatic rings. The molecule has 1 aliphatic rings. The molecule has 3 N–H and O–H groups in total. The molecule has 48 heavy (non-hydrogen) atoms. The number of carbonyl (C=O) groups excluding carboxylic acids is 1. The number of hydrogen-bond acceptors (Lipinski definition) is 4. The van der Waals surface area contributed by atoms with Crippen LogP contribution in [-0.4, -0.2) is 26.5 Å².